The summed E-state index contributed by atoms with van der Waals surface area (Å²) >= 11 is 0. The molecule has 0 aliphatic carbocycles. The summed E-state index contributed by atoms with van der Waals surface area (Å²) in [5.41, 5.74) is 5.35. The van der Waals surface area contributed by atoms with Gasteiger partial charge in [-0.25, -0.2) is 0 Å². The molecule has 0 aromatic carbocycles. The Labute approximate surface area is 67.0 Å². The van der Waals surface area contributed by atoms with Crippen LogP contribution in [0, 0.1) is 0 Å². The van der Waals surface area contributed by atoms with Crippen molar-refractivity contribution < 1.29 is 12.3 Å². The maximum absolute atomic E-state index is 5.39. The van der Waals surface area contributed by atoms with Gasteiger partial charge >= 0.3 is 9.28 Å². The van der Waals surface area contributed by atoms with E-state index in [2.05, 4.69) is 0 Å². The molecule has 1 rings (SSSR count). The molecule has 60 valence electrons. The molecule has 0 aromatic rings. The average Bonchev–Trinajstić information content (AvgIpc) is 2.03. The molecule has 1 aliphatic heterocycles. The first-order valence-electron chi connectivity index (χ1n) is 3.44. The first kappa shape index (κ1) is 8.59. The molecule has 2 N–H and O–H groups in total. The molecule has 0 atom stereocenters. The van der Waals surface area contributed by atoms with Gasteiger partial charge in [-0.15, -0.1) is 0 Å². The number of hydrogen-bond acceptors (Lipinski definition) is 4. The Bertz CT molecular complexity index is 89.1. The van der Waals surface area contributed by atoms with Crippen LogP contribution in [0.3, 0.4) is 0 Å². The second-order valence-corrected chi connectivity index (χ2v) is 8.34. The number of rotatable bonds is 3. The Hall–Kier alpha value is 0.491. The molecular weight excluding hydrogens is 182 g/mol. The molecule has 0 bridgehead atoms. The van der Waals surface area contributed by atoms with Crippen LogP contribution in [-0.2, 0) is 12.3 Å². The van der Waals surface area contributed by atoms with Crippen molar-refractivity contribution in [2.75, 3.05) is 6.54 Å². The molecule has 0 aromatic heterocycles. The second kappa shape index (κ2) is 5.18. The van der Waals surface area contributed by atoms with E-state index in [0.29, 0.717) is 0 Å². The van der Waals surface area contributed by atoms with Gasteiger partial charge in [0.25, 0.3) is 20.0 Å². The van der Waals surface area contributed by atoms with Crippen LogP contribution in [0.4, 0.5) is 0 Å². The van der Waals surface area contributed by atoms with E-state index in [-0.39, 0.29) is 0 Å². The molecule has 0 unspecified atom stereocenters. The molecule has 1 heterocycles. The SMILES string of the molecule is NCCC[SiH]1O[SiH2]O[SiH2]O1. The lowest BCUT2D eigenvalue weighted by Crippen LogP contribution is -2.35. The third-order valence-corrected chi connectivity index (χ3v) is 7.59. The first-order valence-corrected chi connectivity index (χ1v) is 7.51. The largest absolute Gasteiger partial charge is 0.425 e. The minimum absolute atomic E-state index is 0.609. The minimum Gasteiger partial charge on any atom is -0.425 e. The summed E-state index contributed by atoms with van der Waals surface area (Å²) in [6, 6.07) is 1.07. The lowest BCUT2D eigenvalue weighted by atomic mass is 10.5. The van der Waals surface area contributed by atoms with Gasteiger partial charge in [-0.2, -0.15) is 0 Å². The Balaban J connectivity index is 2.02. The average molecular weight is 195 g/mol. The van der Waals surface area contributed by atoms with E-state index in [0.717, 1.165) is 19.0 Å². The van der Waals surface area contributed by atoms with E-state index in [1.165, 1.54) is 0 Å². The monoisotopic (exact) mass is 195 g/mol. The summed E-state index contributed by atoms with van der Waals surface area (Å²) in [7, 11) is -2.44. The number of nitrogens with two attached hydrogens (primary N) is 1. The maximum Gasteiger partial charge on any atom is 0.303 e. The van der Waals surface area contributed by atoms with Crippen molar-refractivity contribution in [1.29, 1.82) is 0 Å². The van der Waals surface area contributed by atoms with E-state index in [4.69, 9.17) is 18.1 Å². The summed E-state index contributed by atoms with van der Waals surface area (Å²) in [5, 5.41) is 0. The van der Waals surface area contributed by atoms with E-state index < -0.39 is 29.3 Å². The van der Waals surface area contributed by atoms with Crippen molar-refractivity contribution in [3.8, 4) is 0 Å². The van der Waals surface area contributed by atoms with Gasteiger partial charge in [0, 0.05) is 0 Å². The Morgan fingerprint density at radius 1 is 1.30 bits per heavy atom. The normalized spacial score (nSPS) is 31.5. The highest BCUT2D eigenvalue weighted by Crippen LogP contribution is 2.02. The van der Waals surface area contributed by atoms with E-state index in [1.54, 1.807) is 0 Å². The summed E-state index contributed by atoms with van der Waals surface area (Å²) in [4.78, 5) is 0. The molecule has 0 spiro atoms. The molecule has 1 aliphatic rings. The molecule has 0 saturated carbocycles. The van der Waals surface area contributed by atoms with Crippen LogP contribution in [0.2, 0.25) is 6.04 Å². The fraction of sp³-hybridized carbons (Fsp3) is 1.00. The van der Waals surface area contributed by atoms with Crippen LogP contribution >= 0.6 is 0 Å². The van der Waals surface area contributed by atoms with Crippen molar-refractivity contribution in [2.24, 2.45) is 5.73 Å². The second-order valence-electron chi connectivity index (χ2n) is 2.13. The van der Waals surface area contributed by atoms with Crippen LogP contribution in [0.25, 0.3) is 0 Å². The zero-order valence-corrected chi connectivity index (χ0v) is 9.90. The maximum atomic E-state index is 5.39. The minimum atomic E-state index is -1.23. The van der Waals surface area contributed by atoms with E-state index in [1.807, 2.05) is 0 Å². The van der Waals surface area contributed by atoms with Crippen LogP contribution in [0.1, 0.15) is 6.42 Å². The quantitative estimate of drug-likeness (QED) is 0.511. The Morgan fingerprint density at radius 3 is 2.60 bits per heavy atom. The van der Waals surface area contributed by atoms with Crippen molar-refractivity contribution >= 4 is 29.3 Å². The highest BCUT2D eigenvalue weighted by Gasteiger charge is 2.16. The lowest BCUT2D eigenvalue weighted by molar-refractivity contribution is 0.321. The highest BCUT2D eigenvalue weighted by atomic mass is 28.4. The fourth-order valence-corrected chi connectivity index (χ4v) is 7.92. The summed E-state index contributed by atoms with van der Waals surface area (Å²) < 4.78 is 15.9. The topological polar surface area (TPSA) is 53.7 Å². The predicted octanol–water partition coefficient (Wildman–Crippen LogP) is -2.38. The first-order chi connectivity index (χ1) is 4.93. The van der Waals surface area contributed by atoms with Crippen LogP contribution in [0.5, 0.6) is 0 Å². The van der Waals surface area contributed by atoms with Gasteiger partial charge in [0.1, 0.15) is 0 Å². The van der Waals surface area contributed by atoms with Crippen LogP contribution in [0.15, 0.2) is 0 Å². The highest BCUT2D eigenvalue weighted by molar-refractivity contribution is 6.61. The molecule has 0 radical (unpaired) electrons. The summed E-state index contributed by atoms with van der Waals surface area (Å²) in [6.45, 7) is 0.750. The summed E-state index contributed by atoms with van der Waals surface area (Å²) in [5.74, 6) is 0. The van der Waals surface area contributed by atoms with Crippen molar-refractivity contribution in [3.63, 3.8) is 0 Å². The molecule has 7 heteroatoms. The van der Waals surface area contributed by atoms with Gasteiger partial charge in [0.2, 0.25) is 0 Å². The fourth-order valence-electron chi connectivity index (χ4n) is 0.781. The van der Waals surface area contributed by atoms with Gasteiger partial charge in [-0.1, -0.05) is 0 Å². The smallest absolute Gasteiger partial charge is 0.303 e. The predicted molar refractivity (Wildman–Crippen MR) is 46.0 cm³/mol. The number of hydrogen-bond donors (Lipinski definition) is 1. The molecule has 4 nitrogen and oxygen atoms in total. The third-order valence-electron chi connectivity index (χ3n) is 1.32. The zero-order valence-electron chi connectivity index (χ0n) is 5.91. The van der Waals surface area contributed by atoms with Gasteiger partial charge < -0.3 is 18.1 Å². The van der Waals surface area contributed by atoms with E-state index in [9.17, 15) is 0 Å². The van der Waals surface area contributed by atoms with Crippen molar-refractivity contribution in [3.05, 3.63) is 0 Å². The molecule has 1 saturated heterocycles. The van der Waals surface area contributed by atoms with Gasteiger partial charge in [0.15, 0.2) is 0 Å². The Morgan fingerprint density at radius 2 is 2.00 bits per heavy atom. The summed E-state index contributed by atoms with van der Waals surface area (Å²) in [6.07, 6.45) is 1.04. The van der Waals surface area contributed by atoms with Crippen LogP contribution in [-0.4, -0.2) is 35.8 Å². The molecule has 10 heavy (non-hydrogen) atoms. The molecule has 1 fully saturated rings. The van der Waals surface area contributed by atoms with Gasteiger partial charge in [-0.3, -0.25) is 0 Å². The van der Waals surface area contributed by atoms with Crippen LogP contribution < -0.4 is 5.73 Å². The Kier molecular flexibility index (Phi) is 4.45. The third kappa shape index (κ3) is 3.05. The van der Waals surface area contributed by atoms with Gasteiger partial charge in [0.05, 0.1) is 0 Å². The van der Waals surface area contributed by atoms with Crippen molar-refractivity contribution in [1.82, 2.24) is 0 Å². The zero-order chi connectivity index (χ0) is 7.23. The molecule has 0 amide bonds. The van der Waals surface area contributed by atoms with E-state index >= 15 is 0 Å². The lowest BCUT2D eigenvalue weighted by Gasteiger charge is -2.21. The standard InChI is InChI=1S/C3H13NO3Si3/c4-2-1-3-10-6-8-5-9-7-10/h10H,1-4,8-9H2. The van der Waals surface area contributed by atoms with Crippen molar-refractivity contribution in [2.45, 2.75) is 12.5 Å². The molecular formula is C3H13NO3Si3. The van der Waals surface area contributed by atoms with Gasteiger partial charge in [-0.05, 0) is 19.0 Å².